The van der Waals surface area contributed by atoms with E-state index in [4.69, 9.17) is 0 Å². The smallest absolute Gasteiger partial charge is 0.223 e. The second-order valence-corrected chi connectivity index (χ2v) is 7.12. The molecule has 1 aliphatic heterocycles. The van der Waals surface area contributed by atoms with Crippen LogP contribution in [0.4, 0.5) is 0 Å². The number of sulfonamides is 1. The van der Waals surface area contributed by atoms with E-state index in [0.29, 0.717) is 31.8 Å². The van der Waals surface area contributed by atoms with Gasteiger partial charge >= 0.3 is 0 Å². The van der Waals surface area contributed by atoms with Crippen LogP contribution >= 0.6 is 0 Å². The first-order valence-corrected chi connectivity index (χ1v) is 8.47. The molecule has 0 spiro atoms. The molecule has 1 aromatic rings. The predicted octanol–water partition coefficient (Wildman–Crippen LogP) is 0.259. The first-order valence-electron chi connectivity index (χ1n) is 6.62. The number of imidazole rings is 1. The molecule has 2 heterocycles. The molecular weight excluding hydrogens is 280 g/mol. The number of rotatable bonds is 4. The number of hydrogen-bond acceptors (Lipinski definition) is 4. The van der Waals surface area contributed by atoms with Gasteiger partial charge in [-0.2, -0.15) is 0 Å². The van der Waals surface area contributed by atoms with Crippen LogP contribution in [-0.4, -0.2) is 47.9 Å². The van der Waals surface area contributed by atoms with Crippen molar-refractivity contribution in [1.82, 2.24) is 19.6 Å². The number of carbonyl (C=O) groups excluding carboxylic acids is 1. The number of amides is 1. The minimum Gasteiger partial charge on any atom is -0.347 e. The summed E-state index contributed by atoms with van der Waals surface area (Å²) in [7, 11) is -3.15. The summed E-state index contributed by atoms with van der Waals surface area (Å²) >= 11 is 0. The Bertz CT molecular complexity index is 547. The van der Waals surface area contributed by atoms with Crippen molar-refractivity contribution in [2.45, 2.75) is 25.8 Å². The first-order chi connectivity index (χ1) is 9.38. The number of H-pyrrole nitrogens is 1. The molecule has 1 atom stereocenters. The summed E-state index contributed by atoms with van der Waals surface area (Å²) in [5, 5.41) is 2.90. The van der Waals surface area contributed by atoms with Crippen LogP contribution in [0, 0.1) is 5.92 Å². The van der Waals surface area contributed by atoms with Gasteiger partial charge in [0.2, 0.25) is 15.9 Å². The molecule has 0 bridgehead atoms. The molecule has 20 heavy (non-hydrogen) atoms. The minimum absolute atomic E-state index is 0.0398. The largest absolute Gasteiger partial charge is 0.347 e. The Hall–Kier alpha value is -1.41. The van der Waals surface area contributed by atoms with E-state index in [1.807, 2.05) is 6.92 Å². The van der Waals surface area contributed by atoms with Crippen LogP contribution in [0.5, 0.6) is 0 Å². The minimum atomic E-state index is -3.15. The second kappa shape index (κ2) is 5.92. The maximum atomic E-state index is 12.1. The van der Waals surface area contributed by atoms with Gasteiger partial charge in [0.1, 0.15) is 5.82 Å². The quantitative estimate of drug-likeness (QED) is 0.833. The predicted molar refractivity (Wildman–Crippen MR) is 74.3 cm³/mol. The monoisotopic (exact) mass is 300 g/mol. The van der Waals surface area contributed by atoms with E-state index in [-0.39, 0.29) is 17.9 Å². The number of hydrogen-bond donors (Lipinski definition) is 2. The van der Waals surface area contributed by atoms with Crippen LogP contribution < -0.4 is 5.32 Å². The maximum Gasteiger partial charge on any atom is 0.223 e. The van der Waals surface area contributed by atoms with Crippen molar-refractivity contribution in [3.8, 4) is 0 Å². The van der Waals surface area contributed by atoms with Gasteiger partial charge in [0.25, 0.3) is 0 Å². The van der Waals surface area contributed by atoms with Gasteiger partial charge in [-0.3, -0.25) is 4.79 Å². The Morgan fingerprint density at radius 1 is 1.50 bits per heavy atom. The lowest BCUT2D eigenvalue weighted by Crippen LogP contribution is -2.43. The lowest BCUT2D eigenvalue weighted by molar-refractivity contribution is -0.126. The molecule has 2 rings (SSSR count). The molecule has 0 radical (unpaired) electrons. The second-order valence-electron chi connectivity index (χ2n) is 5.14. The zero-order chi connectivity index (χ0) is 14.8. The van der Waals surface area contributed by atoms with E-state index in [1.54, 1.807) is 12.4 Å². The Labute approximate surface area is 118 Å². The van der Waals surface area contributed by atoms with E-state index in [2.05, 4.69) is 15.3 Å². The van der Waals surface area contributed by atoms with Crippen LogP contribution in [0.3, 0.4) is 0 Å². The van der Waals surface area contributed by atoms with Crippen molar-refractivity contribution in [2.75, 3.05) is 19.3 Å². The summed E-state index contributed by atoms with van der Waals surface area (Å²) in [6.45, 7) is 2.68. The summed E-state index contributed by atoms with van der Waals surface area (Å²) in [6.07, 6.45) is 5.67. The van der Waals surface area contributed by atoms with Gasteiger partial charge in [0, 0.05) is 31.4 Å². The lowest BCUT2D eigenvalue weighted by Gasteiger charge is -2.30. The molecule has 112 valence electrons. The van der Waals surface area contributed by atoms with Gasteiger partial charge in [0.05, 0.1) is 12.3 Å². The SMILES string of the molecule is CC(NC(=O)C1CCN(S(C)(=O)=O)CC1)c1ncc[nH]1. The highest BCUT2D eigenvalue weighted by atomic mass is 32.2. The summed E-state index contributed by atoms with van der Waals surface area (Å²) in [5.41, 5.74) is 0. The van der Waals surface area contributed by atoms with Crippen molar-refractivity contribution in [1.29, 1.82) is 0 Å². The van der Waals surface area contributed by atoms with E-state index in [9.17, 15) is 13.2 Å². The van der Waals surface area contributed by atoms with Gasteiger partial charge in [-0.1, -0.05) is 0 Å². The molecule has 1 unspecified atom stereocenters. The Morgan fingerprint density at radius 3 is 2.65 bits per heavy atom. The fourth-order valence-corrected chi connectivity index (χ4v) is 3.24. The van der Waals surface area contributed by atoms with Crippen LogP contribution in [0.1, 0.15) is 31.6 Å². The normalized spacial score (nSPS) is 19.7. The highest BCUT2D eigenvalue weighted by Crippen LogP contribution is 2.20. The number of carbonyl (C=O) groups is 1. The van der Waals surface area contributed by atoms with Gasteiger partial charge < -0.3 is 10.3 Å². The lowest BCUT2D eigenvalue weighted by atomic mass is 9.97. The summed E-state index contributed by atoms with van der Waals surface area (Å²) in [5.74, 6) is 0.541. The highest BCUT2D eigenvalue weighted by Gasteiger charge is 2.29. The maximum absolute atomic E-state index is 12.1. The molecule has 0 saturated carbocycles. The standard InChI is InChI=1S/C12H20N4O3S/c1-9(11-13-5-6-14-11)15-12(17)10-3-7-16(8-4-10)20(2,18)19/h5-6,9-10H,3-4,7-8H2,1-2H3,(H,13,14)(H,15,17). The highest BCUT2D eigenvalue weighted by molar-refractivity contribution is 7.88. The number of piperidine rings is 1. The summed E-state index contributed by atoms with van der Waals surface area (Å²) < 4.78 is 24.2. The molecule has 1 aromatic heterocycles. The van der Waals surface area contributed by atoms with Crippen LogP contribution in [0.2, 0.25) is 0 Å². The number of nitrogens with zero attached hydrogens (tertiary/aromatic N) is 2. The van der Waals surface area contributed by atoms with Crippen LogP contribution in [-0.2, 0) is 14.8 Å². The van der Waals surface area contributed by atoms with E-state index in [0.717, 1.165) is 0 Å². The summed E-state index contributed by atoms with van der Waals surface area (Å²) in [4.78, 5) is 19.2. The van der Waals surface area contributed by atoms with E-state index >= 15 is 0 Å². The number of aromatic amines is 1. The zero-order valence-electron chi connectivity index (χ0n) is 11.7. The van der Waals surface area contributed by atoms with Gasteiger partial charge in [-0.05, 0) is 19.8 Å². The van der Waals surface area contributed by atoms with Crippen LogP contribution in [0.25, 0.3) is 0 Å². The molecule has 7 nitrogen and oxygen atoms in total. The third-order valence-electron chi connectivity index (χ3n) is 3.58. The molecule has 2 N–H and O–H groups in total. The molecule has 8 heteroatoms. The van der Waals surface area contributed by atoms with Gasteiger partial charge in [0.15, 0.2) is 0 Å². The molecule has 1 amide bonds. The first kappa shape index (κ1) is 15.0. The molecule has 0 aromatic carbocycles. The molecule has 1 aliphatic rings. The fourth-order valence-electron chi connectivity index (χ4n) is 2.36. The average Bonchev–Trinajstić information content (AvgIpc) is 2.91. The van der Waals surface area contributed by atoms with Crippen molar-refractivity contribution in [2.24, 2.45) is 5.92 Å². The van der Waals surface area contributed by atoms with Crippen LogP contribution in [0.15, 0.2) is 12.4 Å². The van der Waals surface area contributed by atoms with Gasteiger partial charge in [-0.15, -0.1) is 0 Å². The van der Waals surface area contributed by atoms with Crippen molar-refractivity contribution >= 4 is 15.9 Å². The fraction of sp³-hybridized carbons (Fsp3) is 0.667. The zero-order valence-corrected chi connectivity index (χ0v) is 12.5. The van der Waals surface area contributed by atoms with Crippen molar-refractivity contribution in [3.63, 3.8) is 0 Å². The Morgan fingerprint density at radius 2 is 2.15 bits per heavy atom. The third-order valence-corrected chi connectivity index (χ3v) is 4.89. The molecule has 0 aliphatic carbocycles. The Kier molecular flexibility index (Phi) is 4.44. The number of aromatic nitrogens is 2. The third kappa shape index (κ3) is 3.57. The van der Waals surface area contributed by atoms with E-state index in [1.165, 1.54) is 10.6 Å². The summed E-state index contributed by atoms with van der Waals surface area (Å²) in [6, 6.07) is -0.176. The van der Waals surface area contributed by atoms with Crippen molar-refractivity contribution < 1.29 is 13.2 Å². The molecule has 1 saturated heterocycles. The number of nitrogens with one attached hydrogen (secondary N) is 2. The molecule has 1 fully saturated rings. The topological polar surface area (TPSA) is 95.2 Å². The molecular formula is C12H20N4O3S. The average molecular weight is 300 g/mol. The Balaban J connectivity index is 1.86. The van der Waals surface area contributed by atoms with Gasteiger partial charge in [-0.25, -0.2) is 17.7 Å². The van der Waals surface area contributed by atoms with E-state index < -0.39 is 10.0 Å². The van der Waals surface area contributed by atoms with Crippen molar-refractivity contribution in [3.05, 3.63) is 18.2 Å².